The summed E-state index contributed by atoms with van der Waals surface area (Å²) in [7, 11) is 3.61. The van der Waals surface area contributed by atoms with E-state index in [4.69, 9.17) is 4.74 Å². The number of amides is 1. The molecule has 34 heavy (non-hydrogen) atoms. The SMILES string of the molecule is COc1nc2ccccc2cc1-c1cnc([C@@H]2C[C@@H](NCc3cncn3C)CCN2C(C)=O)[nH]1. The predicted octanol–water partition coefficient (Wildman–Crippen LogP) is 3.21. The van der Waals surface area contributed by atoms with Crippen molar-refractivity contribution in [2.45, 2.75) is 38.4 Å². The lowest BCUT2D eigenvalue weighted by Crippen LogP contribution is -2.46. The number of piperidine rings is 1. The fraction of sp³-hybridized carbons (Fsp3) is 0.360. The van der Waals surface area contributed by atoms with Crippen LogP contribution in [0.25, 0.3) is 22.2 Å². The second-order valence-corrected chi connectivity index (χ2v) is 8.75. The number of ether oxygens (including phenoxy) is 1. The molecule has 1 saturated heterocycles. The summed E-state index contributed by atoms with van der Waals surface area (Å²) in [5.74, 6) is 1.36. The Morgan fingerprint density at radius 2 is 2.15 bits per heavy atom. The third-order valence-electron chi connectivity index (χ3n) is 6.58. The molecule has 0 saturated carbocycles. The second kappa shape index (κ2) is 9.26. The van der Waals surface area contributed by atoms with Crippen LogP contribution in [0.4, 0.5) is 0 Å². The highest BCUT2D eigenvalue weighted by Gasteiger charge is 2.33. The number of nitrogens with one attached hydrogen (secondary N) is 2. The van der Waals surface area contributed by atoms with Crippen LogP contribution in [0, 0.1) is 0 Å². The van der Waals surface area contributed by atoms with Crippen LogP contribution in [-0.4, -0.2) is 55.0 Å². The molecule has 4 aromatic rings. The van der Waals surface area contributed by atoms with Crippen LogP contribution < -0.4 is 10.1 Å². The summed E-state index contributed by atoms with van der Waals surface area (Å²) in [6.45, 7) is 3.04. The molecular weight excluding hydrogens is 430 g/mol. The summed E-state index contributed by atoms with van der Waals surface area (Å²) in [4.78, 5) is 31.3. The number of benzene rings is 1. The Balaban J connectivity index is 1.40. The molecule has 4 heterocycles. The van der Waals surface area contributed by atoms with E-state index in [1.165, 1.54) is 0 Å². The number of hydrogen-bond donors (Lipinski definition) is 2. The van der Waals surface area contributed by atoms with Gasteiger partial charge in [0.1, 0.15) is 5.82 Å². The van der Waals surface area contributed by atoms with Crippen molar-refractivity contribution in [1.82, 2.24) is 34.7 Å². The molecule has 1 aliphatic rings. The molecule has 3 aromatic heterocycles. The molecule has 176 valence electrons. The Hall–Kier alpha value is -3.72. The van der Waals surface area contributed by atoms with Gasteiger partial charge in [-0.05, 0) is 25.0 Å². The monoisotopic (exact) mass is 459 g/mol. The van der Waals surface area contributed by atoms with Gasteiger partial charge >= 0.3 is 0 Å². The number of rotatable bonds is 6. The van der Waals surface area contributed by atoms with E-state index in [0.29, 0.717) is 12.4 Å². The van der Waals surface area contributed by atoms with E-state index < -0.39 is 0 Å². The van der Waals surface area contributed by atoms with Crippen molar-refractivity contribution < 1.29 is 9.53 Å². The molecule has 5 rings (SSSR count). The van der Waals surface area contributed by atoms with Crippen LogP contribution in [0.5, 0.6) is 5.88 Å². The zero-order valence-electron chi connectivity index (χ0n) is 19.7. The van der Waals surface area contributed by atoms with Gasteiger partial charge in [0.05, 0.1) is 48.1 Å². The summed E-state index contributed by atoms with van der Waals surface area (Å²) in [5, 5.41) is 4.66. The van der Waals surface area contributed by atoms with Crippen LogP contribution >= 0.6 is 0 Å². The molecule has 0 bridgehead atoms. The van der Waals surface area contributed by atoms with E-state index in [1.54, 1.807) is 26.6 Å². The number of hydrogen-bond acceptors (Lipinski definition) is 6. The van der Waals surface area contributed by atoms with Gasteiger partial charge in [0.25, 0.3) is 0 Å². The first-order valence-corrected chi connectivity index (χ1v) is 11.5. The zero-order valence-corrected chi connectivity index (χ0v) is 19.7. The molecular formula is C25H29N7O2. The number of aryl methyl sites for hydroxylation is 1. The number of fused-ring (bicyclic) bond motifs is 1. The van der Waals surface area contributed by atoms with Crippen molar-refractivity contribution in [3.05, 3.63) is 60.6 Å². The maximum Gasteiger partial charge on any atom is 0.223 e. The molecule has 1 aliphatic heterocycles. The standard InChI is InChI=1S/C25H29N7O2/c1-16(33)32-9-8-18(27-13-19-12-26-15-31(19)2)11-23(32)24-28-14-22(29-24)20-10-17-6-4-5-7-21(17)30-25(20)34-3/h4-7,10,12,14-15,18,23,27H,8-9,11,13H2,1-3H3,(H,28,29)/t18-,23-/m0/s1. The molecule has 0 aliphatic carbocycles. The van der Waals surface area contributed by atoms with Gasteiger partial charge in [-0.15, -0.1) is 0 Å². The molecule has 1 fully saturated rings. The fourth-order valence-electron chi connectivity index (χ4n) is 4.68. The molecule has 0 radical (unpaired) electrons. The molecule has 1 aromatic carbocycles. The molecule has 9 heteroatoms. The van der Waals surface area contributed by atoms with E-state index in [-0.39, 0.29) is 18.0 Å². The van der Waals surface area contributed by atoms with Gasteiger partial charge in [-0.3, -0.25) is 4.79 Å². The molecule has 2 N–H and O–H groups in total. The van der Waals surface area contributed by atoms with Gasteiger partial charge in [-0.2, -0.15) is 0 Å². The summed E-state index contributed by atoms with van der Waals surface area (Å²) in [6, 6.07) is 10.1. The Morgan fingerprint density at radius 3 is 2.91 bits per heavy atom. The van der Waals surface area contributed by atoms with Crippen LogP contribution in [0.1, 0.15) is 37.3 Å². The van der Waals surface area contributed by atoms with E-state index >= 15 is 0 Å². The van der Waals surface area contributed by atoms with E-state index in [0.717, 1.165) is 53.1 Å². The lowest BCUT2D eigenvalue weighted by atomic mass is 9.96. The Kier molecular flexibility index (Phi) is 6.02. The Bertz CT molecular complexity index is 1310. The molecule has 2 atom stereocenters. The number of likely N-dealkylation sites (tertiary alicyclic amines) is 1. The highest BCUT2D eigenvalue weighted by atomic mass is 16.5. The van der Waals surface area contributed by atoms with Crippen LogP contribution in [0.2, 0.25) is 0 Å². The van der Waals surface area contributed by atoms with E-state index in [2.05, 4.69) is 31.3 Å². The van der Waals surface area contributed by atoms with Crippen molar-refractivity contribution >= 4 is 16.8 Å². The maximum absolute atomic E-state index is 12.4. The molecule has 9 nitrogen and oxygen atoms in total. The minimum atomic E-state index is -0.136. The molecule has 0 unspecified atom stereocenters. The third kappa shape index (κ3) is 4.26. The summed E-state index contributed by atoms with van der Waals surface area (Å²) in [6.07, 6.45) is 7.15. The minimum Gasteiger partial charge on any atom is -0.480 e. The highest BCUT2D eigenvalue weighted by molar-refractivity contribution is 5.85. The van der Waals surface area contributed by atoms with Crippen molar-refractivity contribution in [1.29, 1.82) is 0 Å². The van der Waals surface area contributed by atoms with Crippen molar-refractivity contribution in [2.75, 3.05) is 13.7 Å². The van der Waals surface area contributed by atoms with Crippen molar-refractivity contribution in [3.63, 3.8) is 0 Å². The summed E-state index contributed by atoms with van der Waals surface area (Å²) < 4.78 is 7.59. The van der Waals surface area contributed by atoms with Crippen LogP contribution in [0.3, 0.4) is 0 Å². The second-order valence-electron chi connectivity index (χ2n) is 8.75. The number of aromatic nitrogens is 5. The molecule has 0 spiro atoms. The van der Waals surface area contributed by atoms with Gasteiger partial charge in [0, 0.05) is 44.7 Å². The third-order valence-corrected chi connectivity index (χ3v) is 6.58. The van der Waals surface area contributed by atoms with Crippen LogP contribution in [-0.2, 0) is 18.4 Å². The van der Waals surface area contributed by atoms with Crippen molar-refractivity contribution in [3.8, 4) is 17.1 Å². The maximum atomic E-state index is 12.4. The number of carbonyl (C=O) groups is 1. The summed E-state index contributed by atoms with van der Waals surface area (Å²) >= 11 is 0. The fourth-order valence-corrected chi connectivity index (χ4v) is 4.68. The average molecular weight is 460 g/mol. The topological polar surface area (TPSA) is 101 Å². The van der Waals surface area contributed by atoms with Gasteiger partial charge < -0.3 is 24.5 Å². The normalized spacial score (nSPS) is 18.4. The first-order chi connectivity index (χ1) is 16.5. The Labute approximate surface area is 198 Å². The number of nitrogens with zero attached hydrogens (tertiary/aromatic N) is 5. The first-order valence-electron chi connectivity index (χ1n) is 11.5. The van der Waals surface area contributed by atoms with Gasteiger partial charge in [-0.25, -0.2) is 15.0 Å². The van der Waals surface area contributed by atoms with Gasteiger partial charge in [0.15, 0.2) is 0 Å². The van der Waals surface area contributed by atoms with Gasteiger partial charge in [-0.1, -0.05) is 18.2 Å². The first kappa shape index (κ1) is 22.1. The smallest absolute Gasteiger partial charge is 0.223 e. The number of imidazole rings is 2. The van der Waals surface area contributed by atoms with E-state index in [9.17, 15) is 4.79 Å². The summed E-state index contributed by atoms with van der Waals surface area (Å²) in [5.41, 5.74) is 3.66. The average Bonchev–Trinajstić information content (AvgIpc) is 3.50. The number of H-pyrrole nitrogens is 1. The zero-order chi connectivity index (χ0) is 23.7. The van der Waals surface area contributed by atoms with E-state index in [1.807, 2.05) is 47.0 Å². The lowest BCUT2D eigenvalue weighted by molar-refractivity contribution is -0.133. The number of aromatic amines is 1. The van der Waals surface area contributed by atoms with Crippen molar-refractivity contribution in [2.24, 2.45) is 7.05 Å². The predicted molar refractivity (Wildman–Crippen MR) is 129 cm³/mol. The number of methoxy groups -OCH3 is 1. The Morgan fingerprint density at radius 1 is 1.29 bits per heavy atom. The lowest BCUT2D eigenvalue weighted by Gasteiger charge is -2.38. The number of carbonyl (C=O) groups excluding carboxylic acids is 1. The number of pyridine rings is 1. The quantitative estimate of drug-likeness (QED) is 0.459. The molecule has 1 amide bonds. The number of para-hydroxylation sites is 1. The van der Waals surface area contributed by atoms with Gasteiger partial charge in [0.2, 0.25) is 11.8 Å². The highest BCUT2D eigenvalue weighted by Crippen LogP contribution is 2.34. The minimum absolute atomic E-state index is 0.0537. The van der Waals surface area contributed by atoms with Crippen LogP contribution in [0.15, 0.2) is 49.1 Å². The largest absolute Gasteiger partial charge is 0.480 e.